The number of pyridine rings is 1. The van der Waals surface area contributed by atoms with Crippen LogP contribution in [0.5, 0.6) is 0 Å². The first-order valence-electron chi connectivity index (χ1n) is 5.94. The van der Waals surface area contributed by atoms with Gasteiger partial charge in [-0.25, -0.2) is 18.1 Å². The number of rotatable bonds is 4. The summed E-state index contributed by atoms with van der Waals surface area (Å²) >= 11 is 4.81. The van der Waals surface area contributed by atoms with Crippen LogP contribution in [0.3, 0.4) is 0 Å². The van der Waals surface area contributed by atoms with E-state index >= 15 is 0 Å². The van der Waals surface area contributed by atoms with Crippen LogP contribution in [0.1, 0.15) is 4.88 Å². The van der Waals surface area contributed by atoms with E-state index in [1.54, 1.807) is 24.4 Å². The lowest BCUT2D eigenvalue weighted by atomic mass is 10.5. The van der Waals surface area contributed by atoms with Gasteiger partial charge >= 0.3 is 0 Å². The van der Waals surface area contributed by atoms with Crippen LogP contribution in [0.2, 0.25) is 0 Å². The van der Waals surface area contributed by atoms with Crippen molar-refractivity contribution in [1.82, 2.24) is 14.1 Å². The number of thiophene rings is 1. The summed E-state index contributed by atoms with van der Waals surface area (Å²) in [4.78, 5) is 4.96. The van der Waals surface area contributed by atoms with Gasteiger partial charge in [-0.3, -0.25) is 4.40 Å². The van der Waals surface area contributed by atoms with E-state index in [0.717, 1.165) is 8.66 Å². The largest absolute Gasteiger partial charge is 0.381 e. The highest BCUT2D eigenvalue weighted by atomic mass is 79.9. The zero-order chi connectivity index (χ0) is 15.0. The molecule has 9 heteroatoms. The molecule has 0 bridgehead atoms. The number of nitrogens with zero attached hydrogens (tertiary/aromatic N) is 2. The van der Waals surface area contributed by atoms with Gasteiger partial charge in [0.1, 0.15) is 5.65 Å². The number of fused-ring (bicyclic) bond motifs is 1. The number of nitrogen functional groups attached to an aromatic ring is 1. The predicted molar refractivity (Wildman–Crippen MR) is 85.6 cm³/mol. The molecule has 21 heavy (non-hydrogen) atoms. The lowest BCUT2D eigenvalue weighted by Crippen LogP contribution is -2.25. The first kappa shape index (κ1) is 14.5. The quantitative estimate of drug-likeness (QED) is 0.719. The Morgan fingerprint density at radius 1 is 1.33 bits per heavy atom. The van der Waals surface area contributed by atoms with Crippen LogP contribution in [-0.4, -0.2) is 17.8 Å². The molecule has 3 heterocycles. The Kier molecular flexibility index (Phi) is 3.74. The van der Waals surface area contributed by atoms with Gasteiger partial charge in [-0.1, -0.05) is 6.07 Å². The zero-order valence-corrected chi connectivity index (χ0v) is 13.9. The molecule has 3 aromatic heterocycles. The van der Waals surface area contributed by atoms with E-state index in [1.165, 1.54) is 15.7 Å². The fourth-order valence-electron chi connectivity index (χ4n) is 1.94. The summed E-state index contributed by atoms with van der Waals surface area (Å²) in [5, 5.41) is -0.0336. The maximum Gasteiger partial charge on any atom is 0.260 e. The van der Waals surface area contributed by atoms with Gasteiger partial charge in [-0.15, -0.1) is 11.3 Å². The fraction of sp³-hybridized carbons (Fsp3) is 0.0833. The summed E-state index contributed by atoms with van der Waals surface area (Å²) in [7, 11) is -3.75. The van der Waals surface area contributed by atoms with E-state index in [4.69, 9.17) is 5.73 Å². The Hall–Kier alpha value is -1.42. The molecule has 0 aliphatic rings. The summed E-state index contributed by atoms with van der Waals surface area (Å²) in [5.74, 6) is -0.0129. The van der Waals surface area contributed by atoms with Gasteiger partial charge in [0, 0.05) is 17.6 Å². The molecule has 3 aromatic rings. The molecule has 0 unspecified atom stereocenters. The highest BCUT2D eigenvalue weighted by Gasteiger charge is 2.23. The minimum absolute atomic E-state index is 0.0129. The molecule has 0 aromatic carbocycles. The van der Waals surface area contributed by atoms with E-state index in [-0.39, 0.29) is 17.4 Å². The van der Waals surface area contributed by atoms with Gasteiger partial charge in [-0.2, -0.15) is 0 Å². The Bertz CT molecular complexity index is 901. The zero-order valence-electron chi connectivity index (χ0n) is 10.7. The number of nitrogens with two attached hydrogens (primary N) is 1. The molecule has 3 rings (SSSR count). The number of halogens is 1. The normalized spacial score (nSPS) is 12.0. The molecule has 0 amide bonds. The molecule has 0 fully saturated rings. The average molecular weight is 387 g/mol. The van der Waals surface area contributed by atoms with Crippen molar-refractivity contribution in [1.29, 1.82) is 0 Å². The predicted octanol–water partition coefficient (Wildman–Crippen LogP) is 2.22. The minimum atomic E-state index is -3.75. The molecular formula is C12H11BrN4O2S2. The Morgan fingerprint density at radius 2 is 2.14 bits per heavy atom. The maximum absolute atomic E-state index is 12.4. The molecule has 3 N–H and O–H groups in total. The van der Waals surface area contributed by atoms with Gasteiger partial charge in [-0.05, 0) is 40.2 Å². The molecule has 0 radical (unpaired) electrons. The third kappa shape index (κ3) is 2.82. The number of imidazole rings is 1. The number of aromatic nitrogens is 2. The van der Waals surface area contributed by atoms with Crippen molar-refractivity contribution in [2.24, 2.45) is 0 Å². The third-order valence-electron chi connectivity index (χ3n) is 2.83. The van der Waals surface area contributed by atoms with Crippen molar-refractivity contribution in [2.75, 3.05) is 5.73 Å². The van der Waals surface area contributed by atoms with Crippen molar-refractivity contribution in [3.05, 3.63) is 45.2 Å². The van der Waals surface area contributed by atoms with Crippen LogP contribution in [0.15, 0.2) is 45.3 Å². The van der Waals surface area contributed by atoms with E-state index in [9.17, 15) is 8.42 Å². The summed E-state index contributed by atoms with van der Waals surface area (Å²) in [6.07, 6.45) is 1.62. The van der Waals surface area contributed by atoms with Crippen LogP contribution in [0, 0.1) is 0 Å². The lowest BCUT2D eigenvalue weighted by molar-refractivity contribution is 0.577. The van der Waals surface area contributed by atoms with E-state index < -0.39 is 10.0 Å². The first-order chi connectivity index (χ1) is 9.97. The molecule has 0 aliphatic carbocycles. The second-order valence-corrected chi connectivity index (χ2v) is 8.49. The maximum atomic E-state index is 12.4. The highest BCUT2D eigenvalue weighted by molar-refractivity contribution is 9.11. The van der Waals surface area contributed by atoms with Crippen molar-refractivity contribution in [3.8, 4) is 0 Å². The van der Waals surface area contributed by atoms with E-state index in [2.05, 4.69) is 25.6 Å². The Morgan fingerprint density at radius 3 is 2.86 bits per heavy atom. The van der Waals surface area contributed by atoms with Crippen LogP contribution in [-0.2, 0) is 16.6 Å². The second-order valence-electron chi connectivity index (χ2n) is 4.26. The van der Waals surface area contributed by atoms with Gasteiger partial charge in [0.05, 0.1) is 3.79 Å². The van der Waals surface area contributed by atoms with Gasteiger partial charge in [0.2, 0.25) is 0 Å². The molecule has 6 nitrogen and oxygen atoms in total. The standard InChI is InChI=1S/C12H11BrN4O2S2/c13-9-5-4-8(20-9)7-15-21(18,19)12-11(14)16-10-3-1-2-6-17(10)12/h1-6,15H,7,14H2. The molecule has 0 spiro atoms. The minimum Gasteiger partial charge on any atom is -0.381 e. The fourth-order valence-corrected chi connectivity index (χ4v) is 4.67. The lowest BCUT2D eigenvalue weighted by Gasteiger charge is -2.06. The number of hydrogen-bond acceptors (Lipinski definition) is 5. The van der Waals surface area contributed by atoms with Gasteiger partial charge in [0.25, 0.3) is 10.0 Å². The summed E-state index contributed by atoms with van der Waals surface area (Å²) < 4.78 is 29.9. The average Bonchev–Trinajstić information content (AvgIpc) is 2.99. The highest BCUT2D eigenvalue weighted by Crippen LogP contribution is 2.23. The molecule has 0 aliphatic heterocycles. The van der Waals surface area contributed by atoms with Crippen LogP contribution < -0.4 is 10.5 Å². The molecule has 0 saturated carbocycles. The first-order valence-corrected chi connectivity index (χ1v) is 9.03. The van der Waals surface area contributed by atoms with Gasteiger partial charge < -0.3 is 5.73 Å². The van der Waals surface area contributed by atoms with Crippen LogP contribution in [0.25, 0.3) is 5.65 Å². The van der Waals surface area contributed by atoms with E-state index in [0.29, 0.717) is 5.65 Å². The Labute approximate surface area is 133 Å². The number of hydrogen-bond donors (Lipinski definition) is 2. The molecule has 0 saturated heterocycles. The molecular weight excluding hydrogens is 376 g/mol. The van der Waals surface area contributed by atoms with Crippen molar-refractivity contribution < 1.29 is 8.42 Å². The summed E-state index contributed by atoms with van der Waals surface area (Å²) in [6, 6.07) is 8.93. The number of anilines is 1. The van der Waals surface area contributed by atoms with Crippen LogP contribution in [0.4, 0.5) is 5.82 Å². The van der Waals surface area contributed by atoms with Crippen molar-refractivity contribution in [2.45, 2.75) is 11.6 Å². The second kappa shape index (κ2) is 5.41. The van der Waals surface area contributed by atoms with Gasteiger partial charge in [0.15, 0.2) is 10.8 Å². The van der Waals surface area contributed by atoms with Crippen molar-refractivity contribution in [3.63, 3.8) is 0 Å². The molecule has 110 valence electrons. The summed E-state index contributed by atoms with van der Waals surface area (Å²) in [6.45, 7) is 0.206. The number of nitrogens with one attached hydrogen (secondary N) is 1. The van der Waals surface area contributed by atoms with Crippen molar-refractivity contribution >= 4 is 48.8 Å². The summed E-state index contributed by atoms with van der Waals surface area (Å²) in [5.41, 5.74) is 6.25. The van der Waals surface area contributed by atoms with Crippen LogP contribution >= 0.6 is 27.3 Å². The topological polar surface area (TPSA) is 89.5 Å². The Balaban J connectivity index is 1.95. The molecule has 0 atom stereocenters. The number of sulfonamides is 1. The third-order valence-corrected chi connectivity index (χ3v) is 5.89. The van der Waals surface area contributed by atoms with E-state index in [1.807, 2.05) is 12.1 Å². The SMILES string of the molecule is Nc1nc2ccccn2c1S(=O)(=O)NCc1ccc(Br)s1. The monoisotopic (exact) mass is 386 g/mol. The smallest absolute Gasteiger partial charge is 0.260 e.